The molecular formula is C18H17NO2. The van der Waals surface area contributed by atoms with Crippen LogP contribution in [0.4, 0.5) is 0 Å². The fourth-order valence-electron chi connectivity index (χ4n) is 3.48. The highest BCUT2D eigenvalue weighted by molar-refractivity contribution is 5.94. The Morgan fingerprint density at radius 3 is 2.67 bits per heavy atom. The summed E-state index contributed by atoms with van der Waals surface area (Å²) in [5.41, 5.74) is 1.91. The molecule has 0 aromatic heterocycles. The molecule has 21 heavy (non-hydrogen) atoms. The molecule has 0 N–H and O–H groups in total. The van der Waals surface area contributed by atoms with Crippen molar-refractivity contribution in [2.75, 3.05) is 13.2 Å². The van der Waals surface area contributed by atoms with Crippen molar-refractivity contribution in [3.05, 3.63) is 65.7 Å². The summed E-state index contributed by atoms with van der Waals surface area (Å²) in [6, 6.07) is 17.8. The van der Waals surface area contributed by atoms with E-state index in [0.717, 1.165) is 29.8 Å². The largest absolute Gasteiger partial charge is 0.493 e. The van der Waals surface area contributed by atoms with Gasteiger partial charge in [-0.15, -0.1) is 0 Å². The van der Waals surface area contributed by atoms with Crippen molar-refractivity contribution >= 4 is 5.91 Å². The zero-order valence-electron chi connectivity index (χ0n) is 11.7. The second-order valence-electron chi connectivity index (χ2n) is 5.71. The average molecular weight is 279 g/mol. The van der Waals surface area contributed by atoms with E-state index in [9.17, 15) is 4.79 Å². The smallest absolute Gasteiger partial charge is 0.254 e. The zero-order valence-corrected chi connectivity index (χ0v) is 11.7. The molecule has 3 heteroatoms. The van der Waals surface area contributed by atoms with Crippen LogP contribution in [0.1, 0.15) is 28.4 Å². The maximum absolute atomic E-state index is 12.8. The monoisotopic (exact) mass is 279 g/mol. The van der Waals surface area contributed by atoms with Gasteiger partial charge in [0.05, 0.1) is 12.6 Å². The predicted octanol–water partition coefficient (Wildman–Crippen LogP) is 3.28. The minimum absolute atomic E-state index is 0.125. The Bertz CT molecular complexity index is 668. The summed E-state index contributed by atoms with van der Waals surface area (Å²) >= 11 is 0. The van der Waals surface area contributed by atoms with Crippen molar-refractivity contribution in [1.29, 1.82) is 0 Å². The second kappa shape index (κ2) is 4.92. The Labute approximate surface area is 124 Å². The van der Waals surface area contributed by atoms with Crippen molar-refractivity contribution in [3.63, 3.8) is 0 Å². The molecule has 0 unspecified atom stereocenters. The molecule has 2 atom stereocenters. The Morgan fingerprint density at radius 1 is 1.05 bits per heavy atom. The van der Waals surface area contributed by atoms with Crippen molar-refractivity contribution in [3.8, 4) is 5.75 Å². The molecule has 1 fully saturated rings. The third kappa shape index (κ3) is 2.00. The molecule has 3 nitrogen and oxygen atoms in total. The van der Waals surface area contributed by atoms with Gasteiger partial charge in [-0.25, -0.2) is 0 Å². The normalized spacial score (nSPS) is 23.1. The van der Waals surface area contributed by atoms with Gasteiger partial charge in [-0.3, -0.25) is 4.79 Å². The number of hydrogen-bond donors (Lipinski definition) is 0. The summed E-state index contributed by atoms with van der Waals surface area (Å²) < 4.78 is 5.83. The number of likely N-dealkylation sites (tertiary alicyclic amines) is 1. The first-order chi connectivity index (χ1) is 10.3. The first-order valence-electron chi connectivity index (χ1n) is 7.42. The molecule has 0 saturated carbocycles. The summed E-state index contributed by atoms with van der Waals surface area (Å²) in [4.78, 5) is 14.8. The van der Waals surface area contributed by atoms with Crippen LogP contribution in [0.5, 0.6) is 5.75 Å². The van der Waals surface area contributed by atoms with E-state index >= 15 is 0 Å². The molecule has 2 aromatic carbocycles. The van der Waals surface area contributed by atoms with Crippen LogP contribution in [-0.2, 0) is 0 Å². The molecule has 0 spiro atoms. The van der Waals surface area contributed by atoms with Gasteiger partial charge in [-0.1, -0.05) is 36.4 Å². The fourth-order valence-corrected chi connectivity index (χ4v) is 3.48. The van der Waals surface area contributed by atoms with Gasteiger partial charge >= 0.3 is 0 Å². The van der Waals surface area contributed by atoms with Gasteiger partial charge in [-0.05, 0) is 24.6 Å². The minimum atomic E-state index is 0.125. The van der Waals surface area contributed by atoms with Crippen molar-refractivity contribution in [2.45, 2.75) is 12.5 Å². The molecular weight excluding hydrogens is 262 g/mol. The van der Waals surface area contributed by atoms with E-state index in [2.05, 4.69) is 6.07 Å². The number of fused-ring (bicyclic) bond motifs is 3. The van der Waals surface area contributed by atoms with E-state index in [0.29, 0.717) is 12.5 Å². The third-order valence-electron chi connectivity index (χ3n) is 4.50. The van der Waals surface area contributed by atoms with Crippen LogP contribution in [0.2, 0.25) is 0 Å². The van der Waals surface area contributed by atoms with Crippen LogP contribution in [0.25, 0.3) is 0 Å². The number of carbonyl (C=O) groups excluding carboxylic acids is 1. The van der Waals surface area contributed by atoms with Gasteiger partial charge in [-0.2, -0.15) is 0 Å². The molecule has 2 aromatic rings. The number of rotatable bonds is 1. The lowest BCUT2D eigenvalue weighted by atomic mass is 9.91. The molecule has 106 valence electrons. The number of carbonyl (C=O) groups is 1. The van der Waals surface area contributed by atoms with Gasteiger partial charge in [0.25, 0.3) is 5.91 Å². The highest BCUT2D eigenvalue weighted by Gasteiger charge is 2.42. The summed E-state index contributed by atoms with van der Waals surface area (Å²) in [6.07, 6.45) is 1.01. The van der Waals surface area contributed by atoms with Crippen molar-refractivity contribution in [2.24, 2.45) is 5.92 Å². The van der Waals surface area contributed by atoms with E-state index in [1.165, 1.54) is 0 Å². The topological polar surface area (TPSA) is 29.5 Å². The zero-order chi connectivity index (χ0) is 14.2. The summed E-state index contributed by atoms with van der Waals surface area (Å²) in [5, 5.41) is 0. The first-order valence-corrected chi connectivity index (χ1v) is 7.42. The van der Waals surface area contributed by atoms with Crippen LogP contribution in [-0.4, -0.2) is 24.0 Å². The van der Waals surface area contributed by atoms with Gasteiger partial charge in [0.2, 0.25) is 0 Å². The van der Waals surface area contributed by atoms with Crippen LogP contribution < -0.4 is 4.74 Å². The second-order valence-corrected chi connectivity index (χ2v) is 5.71. The molecule has 2 aliphatic heterocycles. The van der Waals surface area contributed by atoms with Crippen LogP contribution in [0.3, 0.4) is 0 Å². The third-order valence-corrected chi connectivity index (χ3v) is 4.50. The maximum atomic E-state index is 12.8. The van der Waals surface area contributed by atoms with Crippen LogP contribution in [0, 0.1) is 5.92 Å². The lowest BCUT2D eigenvalue weighted by molar-refractivity contribution is 0.0677. The van der Waals surface area contributed by atoms with E-state index in [-0.39, 0.29) is 11.9 Å². The summed E-state index contributed by atoms with van der Waals surface area (Å²) in [7, 11) is 0. The number of ether oxygens (including phenoxy) is 1. The molecule has 0 aliphatic carbocycles. The van der Waals surface area contributed by atoms with Gasteiger partial charge < -0.3 is 9.64 Å². The Kier molecular flexibility index (Phi) is 2.92. The molecule has 0 radical (unpaired) electrons. The highest BCUT2D eigenvalue weighted by atomic mass is 16.5. The van der Waals surface area contributed by atoms with Crippen LogP contribution in [0.15, 0.2) is 54.6 Å². The summed E-state index contributed by atoms with van der Waals surface area (Å²) in [6.45, 7) is 1.51. The molecule has 0 bridgehead atoms. The number of hydrogen-bond acceptors (Lipinski definition) is 2. The van der Waals surface area contributed by atoms with E-state index in [4.69, 9.17) is 4.74 Å². The SMILES string of the molecule is O=C(c1ccccc1)N1CC[C@@H]2COc3ccccc3[C@@H]21. The van der Waals surface area contributed by atoms with Crippen molar-refractivity contribution < 1.29 is 9.53 Å². The van der Waals surface area contributed by atoms with Gasteiger partial charge in [0, 0.05) is 23.6 Å². The van der Waals surface area contributed by atoms with Crippen molar-refractivity contribution in [1.82, 2.24) is 4.90 Å². The number of benzene rings is 2. The number of para-hydroxylation sites is 1. The Morgan fingerprint density at radius 2 is 1.81 bits per heavy atom. The summed E-state index contributed by atoms with van der Waals surface area (Å²) in [5.74, 6) is 1.46. The average Bonchev–Trinajstić information content (AvgIpc) is 2.99. The first kappa shape index (κ1) is 12.5. The highest BCUT2D eigenvalue weighted by Crippen LogP contribution is 2.45. The Hall–Kier alpha value is -2.29. The quantitative estimate of drug-likeness (QED) is 0.801. The molecule has 1 saturated heterocycles. The predicted molar refractivity (Wildman–Crippen MR) is 80.3 cm³/mol. The minimum Gasteiger partial charge on any atom is -0.493 e. The van der Waals surface area contributed by atoms with Crippen LogP contribution >= 0.6 is 0 Å². The lowest BCUT2D eigenvalue weighted by Crippen LogP contribution is -2.35. The molecule has 2 aliphatic rings. The molecule has 1 amide bonds. The lowest BCUT2D eigenvalue weighted by Gasteiger charge is -2.33. The van der Waals surface area contributed by atoms with Gasteiger partial charge in [0.1, 0.15) is 5.75 Å². The Balaban J connectivity index is 1.71. The standard InChI is InChI=1S/C18H17NO2/c20-18(13-6-2-1-3-7-13)19-11-10-14-12-21-16-9-5-4-8-15(16)17(14)19/h1-9,14,17H,10-12H2/t14-,17-/m1/s1. The van der Waals surface area contributed by atoms with Gasteiger partial charge in [0.15, 0.2) is 0 Å². The fraction of sp³-hybridized carbons (Fsp3) is 0.278. The maximum Gasteiger partial charge on any atom is 0.254 e. The number of amides is 1. The number of nitrogens with zero attached hydrogens (tertiary/aromatic N) is 1. The molecule has 4 rings (SSSR count). The molecule has 2 heterocycles. The van der Waals surface area contributed by atoms with E-state index in [1.54, 1.807) is 0 Å². The van der Waals surface area contributed by atoms with E-state index < -0.39 is 0 Å². The van der Waals surface area contributed by atoms with E-state index in [1.807, 2.05) is 53.4 Å².